The third kappa shape index (κ3) is 1.94. The SMILES string of the molecule is CCOc1cc(C#N)c(F)c(OC)c1. The topological polar surface area (TPSA) is 42.2 Å². The van der Waals surface area contributed by atoms with Crippen molar-refractivity contribution in [1.29, 1.82) is 5.26 Å². The summed E-state index contributed by atoms with van der Waals surface area (Å²) in [6.07, 6.45) is 0. The van der Waals surface area contributed by atoms with Crippen molar-refractivity contribution in [3.05, 3.63) is 23.5 Å². The van der Waals surface area contributed by atoms with Gasteiger partial charge in [0.1, 0.15) is 11.8 Å². The molecule has 1 rings (SSSR count). The van der Waals surface area contributed by atoms with Crippen molar-refractivity contribution in [1.82, 2.24) is 0 Å². The minimum atomic E-state index is -0.654. The van der Waals surface area contributed by atoms with Crippen molar-refractivity contribution in [2.24, 2.45) is 0 Å². The van der Waals surface area contributed by atoms with Gasteiger partial charge in [-0.15, -0.1) is 0 Å². The quantitative estimate of drug-likeness (QED) is 0.741. The molecule has 0 saturated heterocycles. The van der Waals surface area contributed by atoms with Gasteiger partial charge in [0.05, 0.1) is 19.3 Å². The van der Waals surface area contributed by atoms with Gasteiger partial charge in [0.25, 0.3) is 0 Å². The van der Waals surface area contributed by atoms with Gasteiger partial charge in [0.15, 0.2) is 11.6 Å². The second-order valence-electron chi connectivity index (χ2n) is 2.53. The summed E-state index contributed by atoms with van der Waals surface area (Å²) in [6.45, 7) is 2.27. The van der Waals surface area contributed by atoms with Crippen molar-refractivity contribution in [2.75, 3.05) is 13.7 Å². The fourth-order valence-electron chi connectivity index (χ4n) is 1.05. The van der Waals surface area contributed by atoms with E-state index >= 15 is 0 Å². The molecule has 1 aromatic carbocycles. The lowest BCUT2D eigenvalue weighted by Crippen LogP contribution is -1.96. The Bertz CT molecular complexity index is 371. The molecule has 0 bridgehead atoms. The molecule has 4 heteroatoms. The van der Waals surface area contributed by atoms with Crippen LogP contribution in [-0.2, 0) is 0 Å². The first-order chi connectivity index (χ1) is 6.72. The van der Waals surface area contributed by atoms with E-state index in [2.05, 4.69) is 0 Å². The summed E-state index contributed by atoms with van der Waals surface area (Å²) in [5.74, 6) is -0.201. The molecule has 3 nitrogen and oxygen atoms in total. The second kappa shape index (κ2) is 4.47. The summed E-state index contributed by atoms with van der Waals surface area (Å²) >= 11 is 0. The normalized spacial score (nSPS) is 9.29. The maximum atomic E-state index is 13.3. The molecule has 0 aliphatic carbocycles. The van der Waals surface area contributed by atoms with Crippen LogP contribution in [0.1, 0.15) is 12.5 Å². The zero-order valence-electron chi connectivity index (χ0n) is 8.00. The summed E-state index contributed by atoms with van der Waals surface area (Å²) in [4.78, 5) is 0. The molecule has 0 saturated carbocycles. The molecule has 0 atom stereocenters. The minimum absolute atomic E-state index is 0.0208. The molecular weight excluding hydrogens is 185 g/mol. The molecule has 0 N–H and O–H groups in total. The number of ether oxygens (including phenoxy) is 2. The summed E-state index contributed by atoms with van der Waals surface area (Å²) in [5.41, 5.74) is -0.0761. The Kier molecular flexibility index (Phi) is 3.29. The van der Waals surface area contributed by atoms with Crippen LogP contribution in [0.2, 0.25) is 0 Å². The summed E-state index contributed by atoms with van der Waals surface area (Å²) < 4.78 is 23.2. The molecule has 0 aliphatic rings. The van der Waals surface area contributed by atoms with Crippen molar-refractivity contribution >= 4 is 0 Å². The van der Waals surface area contributed by atoms with Crippen molar-refractivity contribution in [3.63, 3.8) is 0 Å². The third-order valence-electron chi connectivity index (χ3n) is 1.66. The van der Waals surface area contributed by atoms with Crippen LogP contribution >= 0.6 is 0 Å². The highest BCUT2D eigenvalue weighted by Crippen LogP contribution is 2.26. The Balaban J connectivity index is 3.19. The molecule has 0 unspecified atom stereocenters. The van der Waals surface area contributed by atoms with Gasteiger partial charge in [-0.05, 0) is 6.92 Å². The lowest BCUT2D eigenvalue weighted by molar-refractivity contribution is 0.332. The molecule has 0 spiro atoms. The van der Waals surface area contributed by atoms with E-state index < -0.39 is 5.82 Å². The number of rotatable bonds is 3. The number of nitrogens with zero attached hydrogens (tertiary/aromatic N) is 1. The van der Waals surface area contributed by atoms with E-state index in [1.165, 1.54) is 19.2 Å². The van der Waals surface area contributed by atoms with Crippen LogP contribution in [0.5, 0.6) is 11.5 Å². The molecule has 74 valence electrons. The molecule has 14 heavy (non-hydrogen) atoms. The smallest absolute Gasteiger partial charge is 0.183 e. The zero-order chi connectivity index (χ0) is 10.6. The van der Waals surface area contributed by atoms with Gasteiger partial charge in [-0.1, -0.05) is 0 Å². The van der Waals surface area contributed by atoms with Gasteiger partial charge in [-0.25, -0.2) is 4.39 Å². The van der Waals surface area contributed by atoms with Crippen LogP contribution in [0.3, 0.4) is 0 Å². The number of hydrogen-bond acceptors (Lipinski definition) is 3. The van der Waals surface area contributed by atoms with Crippen LogP contribution in [-0.4, -0.2) is 13.7 Å². The van der Waals surface area contributed by atoms with E-state index in [0.717, 1.165) is 0 Å². The maximum absolute atomic E-state index is 13.3. The van der Waals surface area contributed by atoms with Crippen LogP contribution in [0.4, 0.5) is 4.39 Å². The average Bonchev–Trinajstić information content (AvgIpc) is 2.20. The highest BCUT2D eigenvalue weighted by atomic mass is 19.1. The van der Waals surface area contributed by atoms with Crippen molar-refractivity contribution in [3.8, 4) is 17.6 Å². The van der Waals surface area contributed by atoms with Gasteiger partial charge in [-0.2, -0.15) is 5.26 Å². The molecule has 0 heterocycles. The predicted octanol–water partition coefficient (Wildman–Crippen LogP) is 2.10. The fraction of sp³-hybridized carbons (Fsp3) is 0.300. The van der Waals surface area contributed by atoms with Crippen molar-refractivity contribution in [2.45, 2.75) is 6.92 Å². The Morgan fingerprint density at radius 1 is 1.50 bits per heavy atom. The number of methoxy groups -OCH3 is 1. The minimum Gasteiger partial charge on any atom is -0.494 e. The molecule has 0 aliphatic heterocycles. The molecule has 0 amide bonds. The van der Waals surface area contributed by atoms with Gasteiger partial charge in [-0.3, -0.25) is 0 Å². The highest BCUT2D eigenvalue weighted by molar-refractivity contribution is 5.45. The van der Waals surface area contributed by atoms with Crippen LogP contribution in [0.15, 0.2) is 12.1 Å². The largest absolute Gasteiger partial charge is 0.494 e. The summed E-state index contributed by atoms with van der Waals surface area (Å²) in [5, 5.41) is 8.63. The lowest BCUT2D eigenvalue weighted by atomic mass is 10.2. The third-order valence-corrected chi connectivity index (χ3v) is 1.66. The first-order valence-electron chi connectivity index (χ1n) is 4.13. The first-order valence-corrected chi connectivity index (χ1v) is 4.13. The van der Waals surface area contributed by atoms with Crippen LogP contribution < -0.4 is 9.47 Å². The van der Waals surface area contributed by atoms with E-state index in [1.807, 2.05) is 6.92 Å². The second-order valence-corrected chi connectivity index (χ2v) is 2.53. The standard InChI is InChI=1S/C10H10FNO2/c1-3-14-8-4-7(6-12)10(11)9(5-8)13-2/h4-5H,3H2,1-2H3. The molecule has 0 radical (unpaired) electrons. The number of halogens is 1. The number of hydrogen-bond donors (Lipinski definition) is 0. The van der Waals surface area contributed by atoms with Gasteiger partial charge < -0.3 is 9.47 Å². The number of benzene rings is 1. The Labute approximate surface area is 81.7 Å². The molecule has 0 fully saturated rings. The van der Waals surface area contributed by atoms with E-state index in [4.69, 9.17) is 14.7 Å². The monoisotopic (exact) mass is 195 g/mol. The lowest BCUT2D eigenvalue weighted by Gasteiger charge is -2.07. The first kappa shape index (κ1) is 10.3. The number of nitriles is 1. The van der Waals surface area contributed by atoms with E-state index in [1.54, 1.807) is 6.07 Å². The Hall–Kier alpha value is -1.76. The molecular formula is C10H10FNO2. The summed E-state index contributed by atoms with van der Waals surface area (Å²) in [6, 6.07) is 4.50. The van der Waals surface area contributed by atoms with Gasteiger partial charge in [0.2, 0.25) is 0 Å². The predicted molar refractivity (Wildman–Crippen MR) is 48.8 cm³/mol. The summed E-state index contributed by atoms with van der Waals surface area (Å²) in [7, 11) is 1.34. The van der Waals surface area contributed by atoms with Gasteiger partial charge in [0, 0.05) is 12.1 Å². The van der Waals surface area contributed by atoms with E-state index in [9.17, 15) is 4.39 Å². The van der Waals surface area contributed by atoms with Crippen LogP contribution in [0, 0.1) is 17.1 Å². The fourth-order valence-corrected chi connectivity index (χ4v) is 1.05. The van der Waals surface area contributed by atoms with Crippen LogP contribution in [0.25, 0.3) is 0 Å². The van der Waals surface area contributed by atoms with Gasteiger partial charge >= 0.3 is 0 Å². The van der Waals surface area contributed by atoms with Crippen molar-refractivity contribution < 1.29 is 13.9 Å². The zero-order valence-corrected chi connectivity index (χ0v) is 8.00. The average molecular weight is 195 g/mol. The molecule has 0 aromatic heterocycles. The maximum Gasteiger partial charge on any atom is 0.183 e. The molecule has 1 aromatic rings. The Morgan fingerprint density at radius 2 is 2.21 bits per heavy atom. The highest BCUT2D eigenvalue weighted by Gasteiger charge is 2.11. The van der Waals surface area contributed by atoms with E-state index in [-0.39, 0.29) is 11.3 Å². The van der Waals surface area contributed by atoms with E-state index in [0.29, 0.717) is 12.4 Å². The Morgan fingerprint density at radius 3 is 2.71 bits per heavy atom.